The summed E-state index contributed by atoms with van der Waals surface area (Å²) in [5, 5.41) is 11.6. The molecule has 0 aromatic heterocycles. The van der Waals surface area contributed by atoms with Crippen molar-refractivity contribution >= 4 is 27.8 Å². The van der Waals surface area contributed by atoms with E-state index in [-0.39, 0.29) is 11.8 Å². The molecule has 0 radical (unpaired) electrons. The number of nitrogens with one attached hydrogen (secondary N) is 1. The van der Waals surface area contributed by atoms with Gasteiger partial charge in [-0.25, -0.2) is 4.79 Å². The predicted octanol–water partition coefficient (Wildman–Crippen LogP) is 2.04. The first-order chi connectivity index (χ1) is 8.09. The second kappa shape index (κ2) is 4.87. The van der Waals surface area contributed by atoms with Crippen LogP contribution in [0.15, 0.2) is 28.7 Å². The highest BCUT2D eigenvalue weighted by Crippen LogP contribution is 2.33. The molecule has 1 atom stereocenters. The van der Waals surface area contributed by atoms with Crippen molar-refractivity contribution in [2.75, 3.05) is 0 Å². The Morgan fingerprint density at radius 3 is 2.53 bits per heavy atom. The number of benzene rings is 1. The highest BCUT2D eigenvalue weighted by atomic mass is 79.9. The summed E-state index contributed by atoms with van der Waals surface area (Å²) >= 11 is 3.27. The highest BCUT2D eigenvalue weighted by Gasteiger charge is 2.37. The average Bonchev–Trinajstić information content (AvgIpc) is 3.09. The van der Waals surface area contributed by atoms with E-state index in [0.29, 0.717) is 10.0 Å². The van der Waals surface area contributed by atoms with E-state index in [2.05, 4.69) is 21.2 Å². The van der Waals surface area contributed by atoms with Crippen LogP contribution in [-0.4, -0.2) is 23.0 Å². The Morgan fingerprint density at radius 1 is 1.35 bits per heavy atom. The van der Waals surface area contributed by atoms with Gasteiger partial charge in [-0.15, -0.1) is 0 Å². The number of rotatable bonds is 4. The van der Waals surface area contributed by atoms with E-state index in [0.717, 1.165) is 12.8 Å². The first-order valence-electron chi connectivity index (χ1n) is 5.38. The van der Waals surface area contributed by atoms with Crippen LogP contribution in [0.25, 0.3) is 0 Å². The lowest BCUT2D eigenvalue weighted by Gasteiger charge is -2.14. The van der Waals surface area contributed by atoms with Gasteiger partial charge in [0.25, 0.3) is 5.91 Å². The predicted molar refractivity (Wildman–Crippen MR) is 65.8 cm³/mol. The lowest BCUT2D eigenvalue weighted by Crippen LogP contribution is -2.42. The van der Waals surface area contributed by atoms with Gasteiger partial charge in [0, 0.05) is 4.47 Å². The normalized spacial score (nSPS) is 16.3. The summed E-state index contributed by atoms with van der Waals surface area (Å²) in [5.41, 5.74) is 0.458. The summed E-state index contributed by atoms with van der Waals surface area (Å²) in [7, 11) is 0. The Balaban J connectivity index is 2.10. The van der Waals surface area contributed by atoms with Crippen molar-refractivity contribution in [2.45, 2.75) is 18.9 Å². The molecule has 1 unspecified atom stereocenters. The molecule has 5 heteroatoms. The minimum Gasteiger partial charge on any atom is -0.480 e. The maximum absolute atomic E-state index is 11.9. The van der Waals surface area contributed by atoms with Crippen LogP contribution in [-0.2, 0) is 4.79 Å². The minimum absolute atomic E-state index is 0.0823. The number of amides is 1. The van der Waals surface area contributed by atoms with Crippen molar-refractivity contribution in [1.82, 2.24) is 5.32 Å². The minimum atomic E-state index is -0.965. The van der Waals surface area contributed by atoms with Gasteiger partial charge in [0.1, 0.15) is 6.04 Å². The first-order valence-corrected chi connectivity index (χ1v) is 6.17. The number of halogens is 1. The molecule has 90 valence electrons. The third-order valence-electron chi connectivity index (χ3n) is 2.76. The molecule has 2 N–H and O–H groups in total. The fourth-order valence-corrected chi connectivity index (χ4v) is 2.14. The summed E-state index contributed by atoms with van der Waals surface area (Å²) < 4.78 is 0.664. The largest absolute Gasteiger partial charge is 0.480 e. The van der Waals surface area contributed by atoms with Crippen molar-refractivity contribution in [3.8, 4) is 0 Å². The number of hydrogen-bond donors (Lipinski definition) is 2. The van der Waals surface area contributed by atoms with Crippen LogP contribution in [0.1, 0.15) is 23.2 Å². The summed E-state index contributed by atoms with van der Waals surface area (Å²) in [6, 6.07) is 6.19. The molecule has 4 nitrogen and oxygen atoms in total. The van der Waals surface area contributed by atoms with Crippen molar-refractivity contribution < 1.29 is 14.7 Å². The fraction of sp³-hybridized carbons (Fsp3) is 0.333. The molecule has 2 rings (SSSR count). The Labute approximate surface area is 107 Å². The van der Waals surface area contributed by atoms with E-state index in [9.17, 15) is 9.59 Å². The maximum atomic E-state index is 11.9. The van der Waals surface area contributed by atoms with Gasteiger partial charge in [0.2, 0.25) is 0 Å². The smallest absolute Gasteiger partial charge is 0.326 e. The summed E-state index contributed by atoms with van der Waals surface area (Å²) in [5.74, 6) is -1.23. The van der Waals surface area contributed by atoms with Crippen LogP contribution in [0.5, 0.6) is 0 Å². The van der Waals surface area contributed by atoms with Crippen LogP contribution in [0.2, 0.25) is 0 Å². The van der Waals surface area contributed by atoms with Gasteiger partial charge in [0.05, 0.1) is 5.56 Å². The Hall–Kier alpha value is -1.36. The molecule has 1 aliphatic carbocycles. The van der Waals surface area contributed by atoms with Crippen molar-refractivity contribution in [2.24, 2.45) is 5.92 Å². The number of aliphatic carboxylic acids is 1. The second-order valence-electron chi connectivity index (χ2n) is 4.11. The van der Waals surface area contributed by atoms with Crippen LogP contribution in [0.4, 0.5) is 0 Å². The third kappa shape index (κ3) is 2.85. The zero-order valence-electron chi connectivity index (χ0n) is 9.02. The molecule has 1 saturated carbocycles. The van der Waals surface area contributed by atoms with Crippen LogP contribution < -0.4 is 5.32 Å². The van der Waals surface area contributed by atoms with Crippen molar-refractivity contribution in [3.63, 3.8) is 0 Å². The lowest BCUT2D eigenvalue weighted by atomic mass is 10.1. The van der Waals surface area contributed by atoms with E-state index in [4.69, 9.17) is 5.11 Å². The summed E-state index contributed by atoms with van der Waals surface area (Å²) in [6.45, 7) is 0. The monoisotopic (exact) mass is 297 g/mol. The molecule has 1 aromatic rings. The fourth-order valence-electron chi connectivity index (χ4n) is 1.68. The van der Waals surface area contributed by atoms with Gasteiger partial charge >= 0.3 is 5.97 Å². The molecule has 0 saturated heterocycles. The van der Waals surface area contributed by atoms with E-state index < -0.39 is 12.0 Å². The average molecular weight is 298 g/mol. The lowest BCUT2D eigenvalue weighted by molar-refractivity contribution is -0.139. The Bertz CT molecular complexity index is 457. The zero-order valence-corrected chi connectivity index (χ0v) is 10.6. The number of hydrogen-bond acceptors (Lipinski definition) is 2. The molecule has 17 heavy (non-hydrogen) atoms. The molecule has 1 amide bonds. The molecular formula is C12H12BrNO3. The molecule has 0 aliphatic heterocycles. The molecule has 0 bridgehead atoms. The maximum Gasteiger partial charge on any atom is 0.326 e. The highest BCUT2D eigenvalue weighted by molar-refractivity contribution is 9.10. The van der Waals surface area contributed by atoms with Gasteiger partial charge in [-0.3, -0.25) is 4.79 Å². The summed E-state index contributed by atoms with van der Waals surface area (Å²) in [4.78, 5) is 22.9. The van der Waals surface area contributed by atoms with E-state index in [1.165, 1.54) is 0 Å². The SMILES string of the molecule is O=C(NC(C(=O)O)C1CC1)c1ccccc1Br. The Morgan fingerprint density at radius 2 is 2.00 bits per heavy atom. The molecule has 1 aliphatic rings. The quantitative estimate of drug-likeness (QED) is 0.894. The van der Waals surface area contributed by atoms with Crippen LogP contribution in [0.3, 0.4) is 0 Å². The number of carboxylic acid groups (broad SMARTS) is 1. The van der Waals surface area contributed by atoms with E-state index in [1.54, 1.807) is 24.3 Å². The van der Waals surface area contributed by atoms with Gasteiger partial charge in [-0.05, 0) is 46.8 Å². The molecule has 0 heterocycles. The third-order valence-corrected chi connectivity index (χ3v) is 3.46. The second-order valence-corrected chi connectivity index (χ2v) is 4.96. The first kappa shape index (κ1) is 12.1. The summed E-state index contributed by atoms with van der Waals surface area (Å²) in [6.07, 6.45) is 1.74. The van der Waals surface area contributed by atoms with Gasteiger partial charge in [0.15, 0.2) is 0 Å². The topological polar surface area (TPSA) is 66.4 Å². The molecular weight excluding hydrogens is 286 g/mol. The van der Waals surface area contributed by atoms with Gasteiger partial charge < -0.3 is 10.4 Å². The van der Waals surface area contributed by atoms with Gasteiger partial charge in [-0.1, -0.05) is 12.1 Å². The zero-order chi connectivity index (χ0) is 12.4. The number of carbonyl (C=O) groups excluding carboxylic acids is 1. The molecule has 1 aromatic carbocycles. The Kier molecular flexibility index (Phi) is 3.47. The van der Waals surface area contributed by atoms with Gasteiger partial charge in [-0.2, -0.15) is 0 Å². The van der Waals surface area contributed by atoms with Crippen molar-refractivity contribution in [3.05, 3.63) is 34.3 Å². The molecule has 1 fully saturated rings. The number of carbonyl (C=O) groups is 2. The van der Waals surface area contributed by atoms with Crippen LogP contribution in [0, 0.1) is 5.92 Å². The van der Waals surface area contributed by atoms with E-state index >= 15 is 0 Å². The standard InChI is InChI=1S/C12H12BrNO3/c13-9-4-2-1-3-8(9)11(15)14-10(12(16)17)7-5-6-7/h1-4,7,10H,5-6H2,(H,14,15)(H,16,17). The number of carboxylic acids is 1. The molecule has 0 spiro atoms. The van der Waals surface area contributed by atoms with E-state index in [1.807, 2.05) is 0 Å². The van der Waals surface area contributed by atoms with Crippen molar-refractivity contribution in [1.29, 1.82) is 0 Å². The van der Waals surface area contributed by atoms with Crippen LogP contribution >= 0.6 is 15.9 Å².